The molecule has 0 fully saturated rings. The number of nitrogens with zero attached hydrogens (tertiary/aromatic N) is 1. The molecule has 0 aliphatic carbocycles. The molecule has 160 valence electrons. The first-order valence-electron chi connectivity index (χ1n) is 12.1. The molecule has 0 aliphatic heterocycles. The molecule has 0 radical (unpaired) electrons. The quantitative estimate of drug-likeness (QED) is 0.162. The van der Waals surface area contributed by atoms with Crippen molar-refractivity contribution >= 4 is 0 Å². The Morgan fingerprint density at radius 3 is 1.33 bits per heavy atom. The highest BCUT2D eigenvalue weighted by molar-refractivity contribution is 4.88. The summed E-state index contributed by atoms with van der Waals surface area (Å²) in [6.07, 6.45) is 30.0. The summed E-state index contributed by atoms with van der Waals surface area (Å²) >= 11 is 0. The van der Waals surface area contributed by atoms with Gasteiger partial charge in [0.15, 0.2) is 0 Å². The van der Waals surface area contributed by atoms with Gasteiger partial charge >= 0.3 is 0 Å². The average molecular weight is 380 g/mol. The van der Waals surface area contributed by atoms with Gasteiger partial charge in [-0.25, -0.2) is 0 Å². The van der Waals surface area contributed by atoms with E-state index in [4.69, 9.17) is 11.5 Å². The average Bonchev–Trinajstić information content (AvgIpc) is 2.67. The van der Waals surface area contributed by atoms with Crippen LogP contribution in [0, 0.1) is 12.3 Å². The van der Waals surface area contributed by atoms with Gasteiger partial charge in [0, 0.05) is 6.61 Å². The van der Waals surface area contributed by atoms with E-state index in [1.54, 1.807) is 0 Å². The minimum atomic E-state index is 0.295. The van der Waals surface area contributed by atoms with Crippen LogP contribution in [-0.4, -0.2) is 36.2 Å². The highest BCUT2D eigenvalue weighted by atomic mass is 16.2. The van der Waals surface area contributed by atoms with Crippen molar-refractivity contribution in [2.75, 3.05) is 26.2 Å². The molecular formula is C25H49NO. The molecule has 0 saturated heterocycles. The van der Waals surface area contributed by atoms with Crippen LogP contribution in [0.25, 0.3) is 0 Å². The Morgan fingerprint density at radius 1 is 0.593 bits per heavy atom. The Kier molecular flexibility index (Phi) is 23.1. The van der Waals surface area contributed by atoms with Crippen LogP contribution >= 0.6 is 0 Å². The minimum Gasteiger partial charge on any atom is -0.396 e. The second-order valence-electron chi connectivity index (χ2n) is 8.21. The summed E-state index contributed by atoms with van der Waals surface area (Å²) in [6.45, 7) is 5.49. The summed E-state index contributed by atoms with van der Waals surface area (Å²) in [4.78, 5) is 2.36. The molecule has 0 aromatic rings. The van der Waals surface area contributed by atoms with Gasteiger partial charge in [0.1, 0.15) is 0 Å². The fraction of sp³-hybridized carbons (Fsp3) is 0.920. The number of rotatable bonds is 22. The number of hydrogen-bond donors (Lipinski definition) is 1. The minimum absolute atomic E-state index is 0.295. The molecule has 0 amide bonds. The predicted octanol–water partition coefficient (Wildman–Crippen LogP) is 6.96. The lowest BCUT2D eigenvalue weighted by Crippen LogP contribution is -2.26. The highest BCUT2D eigenvalue weighted by Gasteiger charge is 2.02. The van der Waals surface area contributed by atoms with Crippen molar-refractivity contribution in [2.45, 2.75) is 122 Å². The molecule has 0 unspecified atom stereocenters. The first kappa shape index (κ1) is 26.5. The molecule has 2 heteroatoms. The van der Waals surface area contributed by atoms with Crippen LogP contribution in [0.2, 0.25) is 0 Å². The summed E-state index contributed by atoms with van der Waals surface area (Å²) in [6, 6.07) is 0. The van der Waals surface area contributed by atoms with Crippen molar-refractivity contribution in [3.05, 3.63) is 0 Å². The molecule has 0 saturated carbocycles. The number of unbranched alkanes of at least 4 members (excludes halogenated alkanes) is 16. The Hall–Kier alpha value is -0.520. The summed E-state index contributed by atoms with van der Waals surface area (Å²) < 4.78 is 0. The van der Waals surface area contributed by atoms with E-state index in [0.29, 0.717) is 6.61 Å². The SMILES string of the molecule is C#CCN(CCCCO)CCCCCCCCCCCCCCCCCC. The van der Waals surface area contributed by atoms with Crippen LogP contribution < -0.4 is 0 Å². The molecule has 0 rings (SSSR count). The normalized spacial score (nSPS) is 11.2. The maximum Gasteiger partial charge on any atom is 0.0598 e. The third-order valence-corrected chi connectivity index (χ3v) is 5.53. The van der Waals surface area contributed by atoms with Crippen molar-refractivity contribution in [3.63, 3.8) is 0 Å². The summed E-state index contributed by atoms with van der Waals surface area (Å²) in [7, 11) is 0. The van der Waals surface area contributed by atoms with E-state index in [2.05, 4.69) is 17.7 Å². The third-order valence-electron chi connectivity index (χ3n) is 5.53. The maximum absolute atomic E-state index is 8.88. The fourth-order valence-corrected chi connectivity index (χ4v) is 3.73. The van der Waals surface area contributed by atoms with E-state index in [1.165, 1.54) is 103 Å². The maximum atomic E-state index is 8.88. The van der Waals surface area contributed by atoms with Crippen molar-refractivity contribution < 1.29 is 5.11 Å². The van der Waals surface area contributed by atoms with Gasteiger partial charge in [-0.05, 0) is 32.4 Å². The Morgan fingerprint density at radius 2 is 0.963 bits per heavy atom. The van der Waals surface area contributed by atoms with E-state index in [-0.39, 0.29) is 0 Å². The first-order valence-corrected chi connectivity index (χ1v) is 12.1. The third kappa shape index (κ3) is 21.6. The van der Waals surface area contributed by atoms with E-state index < -0.39 is 0 Å². The first-order chi connectivity index (χ1) is 13.3. The van der Waals surface area contributed by atoms with Crippen LogP contribution in [-0.2, 0) is 0 Å². The molecule has 0 aliphatic rings. The highest BCUT2D eigenvalue weighted by Crippen LogP contribution is 2.13. The van der Waals surface area contributed by atoms with Gasteiger partial charge in [0.05, 0.1) is 6.54 Å². The Balaban J connectivity index is 3.24. The van der Waals surface area contributed by atoms with Crippen molar-refractivity contribution in [1.82, 2.24) is 4.90 Å². The van der Waals surface area contributed by atoms with Gasteiger partial charge in [-0.2, -0.15) is 0 Å². The molecule has 0 spiro atoms. The van der Waals surface area contributed by atoms with Crippen LogP contribution in [0.5, 0.6) is 0 Å². The van der Waals surface area contributed by atoms with E-state index >= 15 is 0 Å². The van der Waals surface area contributed by atoms with Crippen LogP contribution in [0.3, 0.4) is 0 Å². The summed E-state index contributed by atoms with van der Waals surface area (Å²) in [5, 5.41) is 8.88. The zero-order valence-electron chi connectivity index (χ0n) is 18.5. The molecule has 1 N–H and O–H groups in total. The van der Waals surface area contributed by atoms with E-state index in [0.717, 1.165) is 32.5 Å². The monoisotopic (exact) mass is 379 g/mol. The molecular weight excluding hydrogens is 330 g/mol. The lowest BCUT2D eigenvalue weighted by atomic mass is 10.0. The standard InChI is InChI=1S/C25H49NO/c1-3-5-6-7-8-9-10-11-12-13-14-15-16-17-18-19-23-26(22-4-2)24-20-21-25-27/h2,27H,3,5-25H2,1H3. The van der Waals surface area contributed by atoms with Gasteiger partial charge < -0.3 is 5.11 Å². The zero-order valence-corrected chi connectivity index (χ0v) is 18.5. The van der Waals surface area contributed by atoms with Crippen LogP contribution in [0.1, 0.15) is 122 Å². The van der Waals surface area contributed by atoms with Gasteiger partial charge in [-0.3, -0.25) is 4.90 Å². The smallest absolute Gasteiger partial charge is 0.0598 e. The molecule has 0 atom stereocenters. The van der Waals surface area contributed by atoms with Crippen molar-refractivity contribution in [1.29, 1.82) is 0 Å². The second-order valence-corrected chi connectivity index (χ2v) is 8.21. The Bertz CT molecular complexity index is 310. The van der Waals surface area contributed by atoms with Crippen LogP contribution in [0.15, 0.2) is 0 Å². The topological polar surface area (TPSA) is 23.5 Å². The summed E-state index contributed by atoms with van der Waals surface area (Å²) in [5.74, 6) is 2.76. The molecule has 0 aromatic heterocycles. The van der Waals surface area contributed by atoms with Gasteiger partial charge in [-0.15, -0.1) is 6.42 Å². The van der Waals surface area contributed by atoms with Crippen molar-refractivity contribution in [2.24, 2.45) is 0 Å². The van der Waals surface area contributed by atoms with E-state index in [1.807, 2.05) is 0 Å². The van der Waals surface area contributed by atoms with Gasteiger partial charge in [0.2, 0.25) is 0 Å². The molecule has 0 aromatic carbocycles. The number of aliphatic hydroxyl groups excluding tert-OH is 1. The van der Waals surface area contributed by atoms with Gasteiger partial charge in [0.25, 0.3) is 0 Å². The second kappa shape index (κ2) is 23.5. The number of aliphatic hydroxyl groups is 1. The lowest BCUT2D eigenvalue weighted by Gasteiger charge is -2.19. The fourth-order valence-electron chi connectivity index (χ4n) is 3.73. The lowest BCUT2D eigenvalue weighted by molar-refractivity contribution is 0.253. The van der Waals surface area contributed by atoms with Gasteiger partial charge in [-0.1, -0.05) is 109 Å². The number of terminal acetylenes is 1. The molecule has 0 bridgehead atoms. The molecule has 27 heavy (non-hydrogen) atoms. The van der Waals surface area contributed by atoms with Crippen molar-refractivity contribution in [3.8, 4) is 12.3 Å². The zero-order chi connectivity index (χ0) is 19.8. The largest absolute Gasteiger partial charge is 0.396 e. The molecule has 0 heterocycles. The van der Waals surface area contributed by atoms with Crippen LogP contribution in [0.4, 0.5) is 0 Å². The van der Waals surface area contributed by atoms with E-state index in [9.17, 15) is 0 Å². The number of hydrogen-bond acceptors (Lipinski definition) is 2. The summed E-state index contributed by atoms with van der Waals surface area (Å²) in [5.41, 5.74) is 0. The molecule has 2 nitrogen and oxygen atoms in total. The predicted molar refractivity (Wildman–Crippen MR) is 121 cm³/mol. The Labute approximate surface area is 171 Å².